The van der Waals surface area contributed by atoms with Crippen molar-refractivity contribution < 1.29 is 14.3 Å². The molecular weight excluding hydrogens is 348 g/mol. The molecule has 3 heterocycles. The Hall–Kier alpha value is -1.40. The summed E-state index contributed by atoms with van der Waals surface area (Å²) >= 11 is 1.69. The normalized spacial score (nSPS) is 24.1. The van der Waals surface area contributed by atoms with Crippen LogP contribution in [-0.4, -0.2) is 61.0 Å². The average molecular weight is 377 g/mol. The SMILES string of the molecule is O=C(c1cc2c(s1)CCCCC2)N1CCCC(C(=O)N2CCOCC2)C1. The van der Waals surface area contributed by atoms with Crippen LogP contribution in [0.1, 0.15) is 52.2 Å². The third-order valence-electron chi connectivity index (χ3n) is 5.84. The number of nitrogens with zero attached hydrogens (tertiary/aromatic N) is 2. The van der Waals surface area contributed by atoms with Gasteiger partial charge in [0, 0.05) is 31.1 Å². The number of piperidine rings is 1. The Labute approximate surface area is 159 Å². The minimum Gasteiger partial charge on any atom is -0.378 e. The minimum atomic E-state index is -0.0522. The molecule has 2 aliphatic heterocycles. The summed E-state index contributed by atoms with van der Waals surface area (Å²) in [6.07, 6.45) is 7.79. The maximum atomic E-state index is 13.0. The smallest absolute Gasteiger partial charge is 0.263 e. The summed E-state index contributed by atoms with van der Waals surface area (Å²) in [5.74, 6) is 0.277. The van der Waals surface area contributed by atoms with Crippen molar-refractivity contribution in [2.24, 2.45) is 5.92 Å². The van der Waals surface area contributed by atoms with Crippen LogP contribution in [0.2, 0.25) is 0 Å². The molecule has 1 aliphatic carbocycles. The van der Waals surface area contributed by atoms with Crippen LogP contribution in [0.3, 0.4) is 0 Å². The minimum absolute atomic E-state index is 0.0522. The summed E-state index contributed by atoms with van der Waals surface area (Å²) in [6.45, 7) is 3.96. The Morgan fingerprint density at radius 1 is 1.00 bits per heavy atom. The van der Waals surface area contributed by atoms with Crippen molar-refractivity contribution in [3.63, 3.8) is 0 Å². The fourth-order valence-corrected chi connectivity index (χ4v) is 5.56. The summed E-state index contributed by atoms with van der Waals surface area (Å²) in [7, 11) is 0. The van der Waals surface area contributed by atoms with E-state index in [1.54, 1.807) is 11.3 Å². The van der Waals surface area contributed by atoms with Gasteiger partial charge in [0.25, 0.3) is 5.91 Å². The Bertz CT molecular complexity index is 643. The fourth-order valence-electron chi connectivity index (χ4n) is 4.33. The lowest BCUT2D eigenvalue weighted by Gasteiger charge is -2.36. The van der Waals surface area contributed by atoms with E-state index in [1.807, 2.05) is 9.80 Å². The highest BCUT2D eigenvalue weighted by atomic mass is 32.1. The molecule has 1 aromatic rings. The molecule has 2 amide bonds. The number of carbonyl (C=O) groups is 2. The fraction of sp³-hybridized carbons (Fsp3) is 0.700. The van der Waals surface area contributed by atoms with Gasteiger partial charge < -0.3 is 14.5 Å². The molecule has 0 aromatic carbocycles. The zero-order valence-corrected chi connectivity index (χ0v) is 16.2. The molecule has 2 saturated heterocycles. The summed E-state index contributed by atoms with van der Waals surface area (Å²) in [5.41, 5.74) is 1.38. The maximum Gasteiger partial charge on any atom is 0.263 e. The molecule has 1 atom stereocenters. The number of hydrogen-bond acceptors (Lipinski definition) is 4. The van der Waals surface area contributed by atoms with Gasteiger partial charge in [-0.15, -0.1) is 11.3 Å². The number of hydrogen-bond donors (Lipinski definition) is 0. The van der Waals surface area contributed by atoms with Crippen molar-refractivity contribution in [2.45, 2.75) is 44.9 Å². The predicted molar refractivity (Wildman–Crippen MR) is 102 cm³/mol. The largest absolute Gasteiger partial charge is 0.378 e. The molecule has 5 nitrogen and oxygen atoms in total. The molecular formula is C20H28N2O3S. The van der Waals surface area contributed by atoms with E-state index in [9.17, 15) is 9.59 Å². The molecule has 26 heavy (non-hydrogen) atoms. The lowest BCUT2D eigenvalue weighted by atomic mass is 9.96. The first-order valence-electron chi connectivity index (χ1n) is 10.00. The lowest BCUT2D eigenvalue weighted by molar-refractivity contribution is -0.141. The highest BCUT2D eigenvalue weighted by molar-refractivity contribution is 7.14. The Morgan fingerprint density at radius 3 is 2.65 bits per heavy atom. The molecule has 3 aliphatic rings. The van der Waals surface area contributed by atoms with Crippen molar-refractivity contribution in [1.82, 2.24) is 9.80 Å². The van der Waals surface area contributed by atoms with Gasteiger partial charge in [-0.05, 0) is 50.2 Å². The number of amides is 2. The summed E-state index contributed by atoms with van der Waals surface area (Å²) in [6, 6.07) is 2.13. The van der Waals surface area contributed by atoms with Gasteiger partial charge in [-0.1, -0.05) is 6.42 Å². The number of rotatable bonds is 2. The van der Waals surface area contributed by atoms with Crippen LogP contribution in [0, 0.1) is 5.92 Å². The zero-order valence-electron chi connectivity index (χ0n) is 15.4. The van der Waals surface area contributed by atoms with Crippen LogP contribution >= 0.6 is 11.3 Å². The molecule has 0 spiro atoms. The number of likely N-dealkylation sites (tertiary alicyclic amines) is 1. The number of aryl methyl sites for hydroxylation is 2. The highest BCUT2D eigenvalue weighted by Gasteiger charge is 2.32. The molecule has 142 valence electrons. The quantitative estimate of drug-likeness (QED) is 0.746. The molecule has 0 N–H and O–H groups in total. The molecule has 0 radical (unpaired) electrons. The van der Waals surface area contributed by atoms with Crippen molar-refractivity contribution in [3.8, 4) is 0 Å². The van der Waals surface area contributed by atoms with E-state index in [-0.39, 0.29) is 17.7 Å². The second-order valence-electron chi connectivity index (χ2n) is 7.65. The lowest BCUT2D eigenvalue weighted by Crippen LogP contribution is -2.49. The van der Waals surface area contributed by atoms with Gasteiger partial charge in [0.2, 0.25) is 5.91 Å². The summed E-state index contributed by atoms with van der Waals surface area (Å²) in [5, 5.41) is 0. The highest BCUT2D eigenvalue weighted by Crippen LogP contribution is 2.31. The van der Waals surface area contributed by atoms with Gasteiger partial charge in [-0.25, -0.2) is 0 Å². The summed E-state index contributed by atoms with van der Waals surface area (Å²) in [4.78, 5) is 31.9. The molecule has 1 aromatic heterocycles. The van der Waals surface area contributed by atoms with Crippen LogP contribution in [-0.2, 0) is 22.4 Å². The second kappa shape index (κ2) is 8.09. The Balaban J connectivity index is 1.42. The van der Waals surface area contributed by atoms with Gasteiger partial charge in [0.05, 0.1) is 24.0 Å². The molecule has 0 saturated carbocycles. The third kappa shape index (κ3) is 3.81. The predicted octanol–water partition coefficient (Wildman–Crippen LogP) is 2.73. The van der Waals surface area contributed by atoms with E-state index in [0.717, 1.165) is 37.1 Å². The molecule has 0 bridgehead atoms. The van der Waals surface area contributed by atoms with Crippen LogP contribution in [0.15, 0.2) is 6.07 Å². The van der Waals surface area contributed by atoms with Crippen LogP contribution in [0.5, 0.6) is 0 Å². The zero-order chi connectivity index (χ0) is 17.9. The topological polar surface area (TPSA) is 49.9 Å². The van der Waals surface area contributed by atoms with Crippen LogP contribution in [0.25, 0.3) is 0 Å². The second-order valence-corrected chi connectivity index (χ2v) is 8.78. The molecule has 2 fully saturated rings. The first-order chi connectivity index (χ1) is 12.7. The monoisotopic (exact) mass is 376 g/mol. The van der Waals surface area contributed by atoms with Crippen molar-refractivity contribution in [2.75, 3.05) is 39.4 Å². The van der Waals surface area contributed by atoms with E-state index < -0.39 is 0 Å². The van der Waals surface area contributed by atoms with E-state index in [2.05, 4.69) is 6.07 Å². The molecule has 4 rings (SSSR count). The molecule has 6 heteroatoms. The van der Waals surface area contributed by atoms with Crippen molar-refractivity contribution >= 4 is 23.2 Å². The van der Waals surface area contributed by atoms with Gasteiger partial charge in [-0.2, -0.15) is 0 Å². The van der Waals surface area contributed by atoms with Gasteiger partial charge in [0.15, 0.2) is 0 Å². The summed E-state index contributed by atoms with van der Waals surface area (Å²) < 4.78 is 5.35. The number of thiophene rings is 1. The van der Waals surface area contributed by atoms with E-state index in [4.69, 9.17) is 4.74 Å². The third-order valence-corrected chi connectivity index (χ3v) is 7.06. The number of fused-ring (bicyclic) bond motifs is 1. The van der Waals surface area contributed by atoms with E-state index >= 15 is 0 Å². The Morgan fingerprint density at radius 2 is 1.81 bits per heavy atom. The van der Waals surface area contributed by atoms with Crippen LogP contribution in [0.4, 0.5) is 0 Å². The first kappa shape index (κ1) is 18.0. The van der Waals surface area contributed by atoms with E-state index in [0.29, 0.717) is 32.8 Å². The maximum absolute atomic E-state index is 13.0. The van der Waals surface area contributed by atoms with Crippen molar-refractivity contribution in [1.29, 1.82) is 0 Å². The first-order valence-corrected chi connectivity index (χ1v) is 10.8. The number of ether oxygens (including phenoxy) is 1. The number of carbonyl (C=O) groups excluding carboxylic acids is 2. The number of morpholine rings is 1. The Kier molecular flexibility index (Phi) is 5.60. The molecule has 1 unspecified atom stereocenters. The standard InChI is InChI=1S/C20H28N2O3S/c23-19(21-9-11-25-12-10-21)16-6-4-8-22(14-16)20(24)18-13-15-5-2-1-3-7-17(15)26-18/h13,16H,1-12,14H2. The van der Waals surface area contributed by atoms with Gasteiger partial charge in [-0.3, -0.25) is 9.59 Å². The van der Waals surface area contributed by atoms with Crippen LogP contribution < -0.4 is 0 Å². The van der Waals surface area contributed by atoms with Gasteiger partial charge in [0.1, 0.15) is 0 Å². The van der Waals surface area contributed by atoms with E-state index in [1.165, 1.54) is 29.7 Å². The van der Waals surface area contributed by atoms with Gasteiger partial charge >= 0.3 is 0 Å². The van der Waals surface area contributed by atoms with Crippen molar-refractivity contribution in [3.05, 3.63) is 21.4 Å². The average Bonchev–Trinajstić information content (AvgIpc) is 2.98.